The molecule has 0 unspecified atom stereocenters. The molecule has 0 aromatic carbocycles. The number of Topliss-reactive ketones (excluding diaryl/α,β-unsaturated/α-hetero) is 1. The fraction of sp³-hybridized carbons (Fsp3) is 0.583. The fourth-order valence-corrected chi connectivity index (χ4v) is 2.22. The van der Waals surface area contributed by atoms with Crippen molar-refractivity contribution in [3.05, 3.63) is 22.8 Å². The highest BCUT2D eigenvalue weighted by atomic mass is 16.1. The average Bonchev–Trinajstić information content (AvgIpc) is 2.70. The quantitative estimate of drug-likeness (QED) is 0.591. The molecule has 2 rings (SSSR count). The molecule has 1 heteroatoms. The second-order valence-corrected chi connectivity index (χ2v) is 4.11. The summed E-state index contributed by atoms with van der Waals surface area (Å²) >= 11 is 0. The lowest BCUT2D eigenvalue weighted by molar-refractivity contribution is -0.115. The molecule has 0 spiro atoms. The first kappa shape index (κ1) is 8.74. The van der Waals surface area contributed by atoms with Crippen molar-refractivity contribution in [1.82, 2.24) is 0 Å². The van der Waals surface area contributed by atoms with Crippen LogP contribution in [0.15, 0.2) is 22.8 Å². The molecule has 0 saturated carbocycles. The third kappa shape index (κ3) is 1.74. The zero-order valence-corrected chi connectivity index (χ0v) is 8.23. The summed E-state index contributed by atoms with van der Waals surface area (Å²) in [6.07, 6.45) is 8.74. The van der Waals surface area contributed by atoms with Gasteiger partial charge in [0.15, 0.2) is 5.78 Å². The summed E-state index contributed by atoms with van der Waals surface area (Å²) in [7, 11) is 0. The Morgan fingerprint density at radius 2 is 2.15 bits per heavy atom. The van der Waals surface area contributed by atoms with Crippen molar-refractivity contribution < 1.29 is 4.79 Å². The molecule has 0 N–H and O–H groups in total. The normalized spacial score (nSPS) is 22.8. The highest BCUT2D eigenvalue weighted by Crippen LogP contribution is 2.31. The predicted octanol–water partition coefficient (Wildman–Crippen LogP) is 3.17. The molecule has 2 aliphatic carbocycles. The van der Waals surface area contributed by atoms with E-state index in [0.717, 1.165) is 24.8 Å². The monoisotopic (exact) mass is 176 g/mol. The van der Waals surface area contributed by atoms with E-state index in [1.165, 1.54) is 30.4 Å². The van der Waals surface area contributed by atoms with Crippen LogP contribution in [-0.2, 0) is 4.79 Å². The molecule has 1 nitrogen and oxygen atoms in total. The highest BCUT2D eigenvalue weighted by Gasteiger charge is 2.21. The summed E-state index contributed by atoms with van der Waals surface area (Å²) in [6, 6.07) is 0. The lowest BCUT2D eigenvalue weighted by Gasteiger charge is -2.03. The number of carbonyl (C=O) groups excluding carboxylic acids is 1. The summed E-state index contributed by atoms with van der Waals surface area (Å²) in [5.74, 6) is 0.394. The summed E-state index contributed by atoms with van der Waals surface area (Å²) in [5.41, 5.74) is 3.94. The Labute approximate surface area is 79.5 Å². The molecule has 0 atom stereocenters. The van der Waals surface area contributed by atoms with Gasteiger partial charge in [0.25, 0.3) is 0 Å². The molecule has 0 bridgehead atoms. The SMILES string of the molecule is CC1=C(CC2=CCCC2)C(=O)CC1. The Morgan fingerprint density at radius 1 is 1.31 bits per heavy atom. The Bertz CT molecular complexity index is 294. The van der Waals surface area contributed by atoms with Crippen molar-refractivity contribution in [2.75, 3.05) is 0 Å². The molecule has 0 amide bonds. The maximum atomic E-state index is 11.5. The van der Waals surface area contributed by atoms with Crippen molar-refractivity contribution in [2.24, 2.45) is 0 Å². The molecule has 0 aromatic heterocycles. The van der Waals surface area contributed by atoms with Gasteiger partial charge in [-0.15, -0.1) is 0 Å². The van der Waals surface area contributed by atoms with Crippen LogP contribution in [0.2, 0.25) is 0 Å². The van der Waals surface area contributed by atoms with E-state index in [-0.39, 0.29) is 0 Å². The molecular weight excluding hydrogens is 160 g/mol. The van der Waals surface area contributed by atoms with Gasteiger partial charge in [0.2, 0.25) is 0 Å². The molecule has 0 saturated heterocycles. The van der Waals surface area contributed by atoms with Crippen LogP contribution in [0.25, 0.3) is 0 Å². The fourth-order valence-electron chi connectivity index (χ4n) is 2.22. The van der Waals surface area contributed by atoms with Crippen LogP contribution in [0, 0.1) is 0 Å². The number of ketones is 1. The van der Waals surface area contributed by atoms with Crippen LogP contribution in [0.5, 0.6) is 0 Å². The van der Waals surface area contributed by atoms with Crippen molar-refractivity contribution in [2.45, 2.75) is 45.4 Å². The number of rotatable bonds is 2. The van der Waals surface area contributed by atoms with Gasteiger partial charge in [0.1, 0.15) is 0 Å². The largest absolute Gasteiger partial charge is 0.295 e. The van der Waals surface area contributed by atoms with E-state index >= 15 is 0 Å². The van der Waals surface area contributed by atoms with Crippen LogP contribution in [0.1, 0.15) is 45.4 Å². The van der Waals surface area contributed by atoms with Gasteiger partial charge in [-0.2, -0.15) is 0 Å². The Morgan fingerprint density at radius 3 is 2.69 bits per heavy atom. The van der Waals surface area contributed by atoms with Crippen molar-refractivity contribution in [3.63, 3.8) is 0 Å². The molecular formula is C12H16O. The van der Waals surface area contributed by atoms with Gasteiger partial charge in [0, 0.05) is 6.42 Å². The van der Waals surface area contributed by atoms with Crippen molar-refractivity contribution >= 4 is 5.78 Å². The first-order valence-corrected chi connectivity index (χ1v) is 5.17. The number of carbonyl (C=O) groups is 1. The van der Waals surface area contributed by atoms with Gasteiger partial charge in [-0.3, -0.25) is 4.79 Å². The standard InChI is InChI=1S/C12H16O/c1-9-6-7-12(13)11(9)8-10-4-2-3-5-10/h4H,2-3,5-8H2,1H3. The summed E-state index contributed by atoms with van der Waals surface area (Å²) < 4.78 is 0. The zero-order chi connectivity index (χ0) is 9.26. The number of hydrogen-bond acceptors (Lipinski definition) is 1. The van der Waals surface area contributed by atoms with Gasteiger partial charge in [-0.25, -0.2) is 0 Å². The molecule has 70 valence electrons. The van der Waals surface area contributed by atoms with Gasteiger partial charge >= 0.3 is 0 Å². The molecule has 0 aliphatic heterocycles. The third-order valence-electron chi connectivity index (χ3n) is 3.12. The zero-order valence-electron chi connectivity index (χ0n) is 8.23. The molecule has 0 fully saturated rings. The number of hydrogen-bond donors (Lipinski definition) is 0. The Kier molecular flexibility index (Phi) is 2.34. The van der Waals surface area contributed by atoms with Gasteiger partial charge in [-0.05, 0) is 44.6 Å². The van der Waals surface area contributed by atoms with Gasteiger partial charge in [-0.1, -0.05) is 17.2 Å². The van der Waals surface area contributed by atoms with E-state index in [2.05, 4.69) is 13.0 Å². The highest BCUT2D eigenvalue weighted by molar-refractivity contribution is 5.98. The third-order valence-corrected chi connectivity index (χ3v) is 3.12. The maximum absolute atomic E-state index is 11.5. The Hall–Kier alpha value is -0.850. The van der Waals surface area contributed by atoms with E-state index in [9.17, 15) is 4.79 Å². The van der Waals surface area contributed by atoms with E-state index < -0.39 is 0 Å². The second kappa shape index (κ2) is 3.49. The first-order valence-electron chi connectivity index (χ1n) is 5.17. The minimum absolute atomic E-state index is 0.394. The lowest BCUT2D eigenvalue weighted by Crippen LogP contribution is -1.97. The second-order valence-electron chi connectivity index (χ2n) is 4.11. The van der Waals surface area contributed by atoms with Crippen LogP contribution >= 0.6 is 0 Å². The topological polar surface area (TPSA) is 17.1 Å². The summed E-state index contributed by atoms with van der Waals surface area (Å²) in [4.78, 5) is 11.5. The van der Waals surface area contributed by atoms with Gasteiger partial charge < -0.3 is 0 Å². The molecule has 0 aromatic rings. The Balaban J connectivity index is 2.08. The maximum Gasteiger partial charge on any atom is 0.159 e. The lowest BCUT2D eigenvalue weighted by atomic mass is 10.0. The van der Waals surface area contributed by atoms with E-state index in [0.29, 0.717) is 5.78 Å². The first-order chi connectivity index (χ1) is 6.27. The van der Waals surface area contributed by atoms with Gasteiger partial charge in [0.05, 0.1) is 0 Å². The smallest absolute Gasteiger partial charge is 0.159 e. The number of allylic oxidation sites excluding steroid dienone is 4. The predicted molar refractivity (Wildman–Crippen MR) is 53.5 cm³/mol. The van der Waals surface area contributed by atoms with Crippen molar-refractivity contribution in [3.8, 4) is 0 Å². The van der Waals surface area contributed by atoms with E-state index in [1.807, 2.05) is 0 Å². The minimum Gasteiger partial charge on any atom is -0.295 e. The summed E-state index contributed by atoms with van der Waals surface area (Å²) in [6.45, 7) is 2.11. The molecule has 0 radical (unpaired) electrons. The molecule has 13 heavy (non-hydrogen) atoms. The molecule has 0 heterocycles. The average molecular weight is 176 g/mol. The van der Waals surface area contributed by atoms with Crippen LogP contribution in [-0.4, -0.2) is 5.78 Å². The summed E-state index contributed by atoms with van der Waals surface area (Å²) in [5, 5.41) is 0. The van der Waals surface area contributed by atoms with Crippen LogP contribution in [0.4, 0.5) is 0 Å². The van der Waals surface area contributed by atoms with Crippen molar-refractivity contribution in [1.29, 1.82) is 0 Å². The van der Waals surface area contributed by atoms with Crippen LogP contribution < -0.4 is 0 Å². The van der Waals surface area contributed by atoms with Crippen LogP contribution in [0.3, 0.4) is 0 Å². The van der Waals surface area contributed by atoms with E-state index in [1.54, 1.807) is 0 Å². The molecule has 2 aliphatic rings. The minimum atomic E-state index is 0.394. The van der Waals surface area contributed by atoms with E-state index in [4.69, 9.17) is 0 Å².